The Morgan fingerprint density at radius 2 is 1.57 bits per heavy atom. The van der Waals surface area contributed by atoms with Gasteiger partial charge in [-0.2, -0.15) is 0 Å². The van der Waals surface area contributed by atoms with Crippen LogP contribution in [0.3, 0.4) is 0 Å². The average Bonchev–Trinajstić information content (AvgIpc) is 2.66. The molecule has 0 amide bonds. The number of hydrogen-bond acceptors (Lipinski definition) is 4. The number of benzene rings is 2. The number of carbonyl (C=O) groups is 1. The van der Waals surface area contributed by atoms with E-state index in [1.54, 1.807) is 30.3 Å². The lowest BCUT2D eigenvalue weighted by Crippen LogP contribution is -2.04. The number of halogens is 4. The molecule has 0 spiro atoms. The maximum atomic E-state index is 10.9. The lowest BCUT2D eigenvalue weighted by atomic mass is 10.2. The van der Waals surface area contributed by atoms with Gasteiger partial charge < -0.3 is 14.2 Å². The van der Waals surface area contributed by atoms with Crippen LogP contribution < -0.4 is 14.2 Å². The maximum absolute atomic E-state index is 10.9. The Balaban J connectivity index is 1.76. The topological polar surface area (TPSA) is 44.8 Å². The number of hydrogen-bond donors (Lipinski definition) is 0. The van der Waals surface area contributed by atoms with Crippen LogP contribution >= 0.6 is 46.4 Å². The fourth-order valence-electron chi connectivity index (χ4n) is 2.23. The first-order chi connectivity index (χ1) is 13.5. The molecule has 0 aliphatic carbocycles. The molecule has 0 saturated carbocycles. The Labute approximate surface area is 183 Å². The minimum Gasteiger partial charge on any atom is -0.493 e. The molecule has 0 bridgehead atoms. The predicted octanol–water partition coefficient (Wildman–Crippen LogP) is 6.74. The van der Waals surface area contributed by atoms with Gasteiger partial charge >= 0.3 is 0 Å². The van der Waals surface area contributed by atoms with Crippen molar-refractivity contribution < 1.29 is 19.0 Å². The van der Waals surface area contributed by atoms with Crippen LogP contribution in [0.5, 0.6) is 17.2 Å². The van der Waals surface area contributed by atoms with Crippen LogP contribution in [0.15, 0.2) is 47.0 Å². The second kappa shape index (κ2) is 12.1. The van der Waals surface area contributed by atoms with Crippen LogP contribution in [0.2, 0.25) is 10.0 Å². The third kappa shape index (κ3) is 7.44. The summed E-state index contributed by atoms with van der Waals surface area (Å²) < 4.78 is 16.9. The second-order valence-electron chi connectivity index (χ2n) is 5.58. The number of para-hydroxylation sites is 1. The van der Waals surface area contributed by atoms with Crippen LogP contribution in [0, 0.1) is 0 Å². The van der Waals surface area contributed by atoms with Gasteiger partial charge in [-0.05, 0) is 31.1 Å². The molecule has 8 heteroatoms. The molecule has 0 N–H and O–H groups in total. The van der Waals surface area contributed by atoms with Gasteiger partial charge in [0.25, 0.3) is 0 Å². The summed E-state index contributed by atoms with van der Waals surface area (Å²) in [6.45, 7) is 1.09. The Morgan fingerprint density at radius 1 is 0.929 bits per heavy atom. The molecule has 0 unspecified atom stereocenters. The number of ether oxygens (including phenoxy) is 3. The lowest BCUT2D eigenvalue weighted by molar-refractivity contribution is 0.111. The molecule has 0 aliphatic rings. The van der Waals surface area contributed by atoms with E-state index < -0.39 is 0 Å². The van der Waals surface area contributed by atoms with Gasteiger partial charge in [-0.15, -0.1) is 0 Å². The van der Waals surface area contributed by atoms with Crippen molar-refractivity contribution in [3.63, 3.8) is 0 Å². The van der Waals surface area contributed by atoms with Crippen molar-refractivity contribution in [3.8, 4) is 17.2 Å². The van der Waals surface area contributed by atoms with Crippen molar-refractivity contribution in [1.29, 1.82) is 0 Å². The molecular formula is C20H18Cl4O4. The number of carbonyl (C=O) groups excluding carboxylic acids is 1. The van der Waals surface area contributed by atoms with Crippen molar-refractivity contribution >= 4 is 52.7 Å². The fraction of sp³-hybridized carbons (Fsp3) is 0.250. The van der Waals surface area contributed by atoms with Gasteiger partial charge in [0.15, 0.2) is 12.0 Å². The highest BCUT2D eigenvalue weighted by molar-refractivity contribution is 6.55. The van der Waals surface area contributed by atoms with Crippen molar-refractivity contribution in [2.75, 3.05) is 19.8 Å². The van der Waals surface area contributed by atoms with E-state index in [-0.39, 0.29) is 11.1 Å². The van der Waals surface area contributed by atoms with E-state index in [4.69, 9.17) is 60.6 Å². The zero-order valence-corrected chi connectivity index (χ0v) is 17.8. The van der Waals surface area contributed by atoms with Crippen LogP contribution in [0.4, 0.5) is 0 Å². The van der Waals surface area contributed by atoms with Gasteiger partial charge in [-0.3, -0.25) is 4.79 Å². The Morgan fingerprint density at radius 3 is 2.21 bits per heavy atom. The van der Waals surface area contributed by atoms with Gasteiger partial charge in [-0.25, -0.2) is 0 Å². The van der Waals surface area contributed by atoms with Gasteiger partial charge in [0, 0.05) is 12.1 Å². The van der Waals surface area contributed by atoms with E-state index in [1.165, 1.54) is 6.08 Å². The third-order valence-corrected chi connectivity index (χ3v) is 4.42. The van der Waals surface area contributed by atoms with Gasteiger partial charge in [0.1, 0.15) is 22.6 Å². The van der Waals surface area contributed by atoms with Crippen molar-refractivity contribution in [1.82, 2.24) is 0 Å². The Kier molecular flexibility index (Phi) is 9.79. The second-order valence-corrected chi connectivity index (χ2v) is 7.40. The smallest absolute Gasteiger partial charge is 0.156 e. The first-order valence-corrected chi connectivity index (χ1v) is 9.95. The quantitative estimate of drug-likeness (QED) is 0.273. The van der Waals surface area contributed by atoms with Gasteiger partial charge in [-0.1, -0.05) is 58.5 Å². The summed E-state index contributed by atoms with van der Waals surface area (Å²) in [5.74, 6) is 1.45. The van der Waals surface area contributed by atoms with Gasteiger partial charge in [0.05, 0.1) is 28.8 Å². The molecule has 28 heavy (non-hydrogen) atoms. The molecule has 0 saturated heterocycles. The number of unbranched alkanes of at least 4 members (excludes halogenated alkanes) is 1. The summed E-state index contributed by atoms with van der Waals surface area (Å²) in [4.78, 5) is 10.9. The summed E-state index contributed by atoms with van der Waals surface area (Å²) in [7, 11) is 0. The van der Waals surface area contributed by atoms with E-state index in [0.717, 1.165) is 19.1 Å². The zero-order chi connectivity index (χ0) is 20.4. The monoisotopic (exact) mass is 462 g/mol. The molecular weight excluding hydrogens is 446 g/mol. The van der Waals surface area contributed by atoms with E-state index in [1.807, 2.05) is 6.07 Å². The predicted molar refractivity (Wildman–Crippen MR) is 114 cm³/mol. The number of aldehydes is 1. The SMILES string of the molecule is O=Cc1ccccc1OCCCCOc1c(Cl)cc(OCC=C(Cl)Cl)cc1Cl. The number of rotatable bonds is 11. The van der Waals surface area contributed by atoms with Crippen LogP contribution in [0.25, 0.3) is 0 Å². The van der Waals surface area contributed by atoms with Gasteiger partial charge in [0.2, 0.25) is 0 Å². The third-order valence-electron chi connectivity index (χ3n) is 3.55. The molecule has 150 valence electrons. The van der Waals surface area contributed by atoms with Crippen LogP contribution in [0.1, 0.15) is 23.2 Å². The summed E-state index contributed by atoms with van der Waals surface area (Å²) >= 11 is 23.5. The standard InChI is InChI=1S/C20H18Cl4O4/c21-16-11-15(26-10-7-19(23)24)12-17(22)20(16)28-9-4-3-8-27-18-6-2-1-5-14(18)13-25/h1-2,5-7,11-13H,3-4,8-10H2. The highest BCUT2D eigenvalue weighted by Gasteiger charge is 2.10. The molecule has 4 nitrogen and oxygen atoms in total. The molecule has 2 aromatic carbocycles. The van der Waals surface area contributed by atoms with Crippen molar-refractivity contribution in [2.24, 2.45) is 0 Å². The van der Waals surface area contributed by atoms with Crippen LogP contribution in [-0.4, -0.2) is 26.1 Å². The van der Waals surface area contributed by atoms with Crippen LogP contribution in [-0.2, 0) is 0 Å². The Hall–Kier alpha value is -1.59. The van der Waals surface area contributed by atoms with Crippen molar-refractivity contribution in [3.05, 3.63) is 62.6 Å². The summed E-state index contributed by atoms with van der Waals surface area (Å²) in [6, 6.07) is 10.3. The first-order valence-electron chi connectivity index (χ1n) is 8.44. The highest BCUT2D eigenvalue weighted by Crippen LogP contribution is 2.37. The molecule has 2 aromatic rings. The largest absolute Gasteiger partial charge is 0.493 e. The average molecular weight is 464 g/mol. The molecule has 0 heterocycles. The van der Waals surface area contributed by atoms with E-state index >= 15 is 0 Å². The summed E-state index contributed by atoms with van der Waals surface area (Å²) in [6.07, 6.45) is 3.75. The van der Waals surface area contributed by atoms with E-state index in [2.05, 4.69) is 0 Å². The minimum atomic E-state index is 0.121. The normalized spacial score (nSPS) is 10.3. The molecule has 0 aromatic heterocycles. The summed E-state index contributed by atoms with van der Waals surface area (Å²) in [5, 5.41) is 0.694. The lowest BCUT2D eigenvalue weighted by Gasteiger charge is -2.12. The first kappa shape index (κ1) is 22.7. The van der Waals surface area contributed by atoms with E-state index in [9.17, 15) is 4.79 Å². The van der Waals surface area contributed by atoms with Crippen molar-refractivity contribution in [2.45, 2.75) is 12.8 Å². The molecule has 0 fully saturated rings. The molecule has 0 aliphatic heterocycles. The summed E-state index contributed by atoms with van der Waals surface area (Å²) in [5.41, 5.74) is 0.531. The molecule has 0 radical (unpaired) electrons. The van der Waals surface area contributed by atoms with E-state index in [0.29, 0.717) is 46.1 Å². The zero-order valence-electron chi connectivity index (χ0n) is 14.8. The molecule has 2 rings (SSSR count). The minimum absolute atomic E-state index is 0.121. The highest BCUT2D eigenvalue weighted by atomic mass is 35.5. The maximum Gasteiger partial charge on any atom is 0.156 e. The molecule has 0 atom stereocenters. The fourth-order valence-corrected chi connectivity index (χ4v) is 2.93. The Bertz CT molecular complexity index is 797.